The van der Waals surface area contributed by atoms with Crippen LogP contribution in [0.3, 0.4) is 0 Å². The van der Waals surface area contributed by atoms with Gasteiger partial charge in [0.05, 0.1) is 0 Å². The van der Waals surface area contributed by atoms with Gasteiger partial charge in [-0.15, -0.1) is 0 Å². The van der Waals surface area contributed by atoms with Gasteiger partial charge < -0.3 is 0 Å². The Morgan fingerprint density at radius 2 is 0.969 bits per heavy atom. The lowest BCUT2D eigenvalue weighted by Crippen LogP contribution is -2.03. The molecule has 0 unspecified atom stereocenters. The average molecular weight is 415 g/mol. The molecule has 32 heavy (non-hydrogen) atoms. The predicted molar refractivity (Wildman–Crippen MR) is 136 cm³/mol. The van der Waals surface area contributed by atoms with Crippen molar-refractivity contribution in [1.29, 1.82) is 0 Å². The van der Waals surface area contributed by atoms with E-state index in [1.807, 2.05) is 0 Å². The first-order valence-electron chi connectivity index (χ1n) is 11.9. The van der Waals surface area contributed by atoms with Crippen LogP contribution in [0.4, 0.5) is 0 Å². The van der Waals surface area contributed by atoms with Crippen molar-refractivity contribution >= 4 is 0 Å². The number of hydrogen-bond acceptors (Lipinski definition) is 0. The van der Waals surface area contributed by atoms with Crippen LogP contribution in [-0.2, 0) is 25.7 Å². The Morgan fingerprint density at radius 1 is 0.562 bits per heavy atom. The monoisotopic (exact) mass is 414 g/mol. The molecule has 0 fully saturated rings. The van der Waals surface area contributed by atoms with E-state index in [9.17, 15) is 0 Å². The number of rotatable bonds is 3. The Bertz CT molecular complexity index is 1290. The first-order valence-corrected chi connectivity index (χ1v) is 11.9. The Kier molecular flexibility index (Phi) is 4.40. The third-order valence-electron chi connectivity index (χ3n) is 8.01. The summed E-state index contributed by atoms with van der Waals surface area (Å²) in [6.07, 6.45) is 4.40. The van der Waals surface area contributed by atoms with Gasteiger partial charge in [-0.3, -0.25) is 0 Å². The smallest absolute Gasteiger partial charge is 0.00106 e. The van der Waals surface area contributed by atoms with E-state index in [-0.39, 0.29) is 0 Å². The van der Waals surface area contributed by atoms with Crippen LogP contribution in [0.5, 0.6) is 0 Å². The summed E-state index contributed by atoms with van der Waals surface area (Å²) < 4.78 is 0. The van der Waals surface area contributed by atoms with Crippen LogP contribution < -0.4 is 0 Å². The summed E-state index contributed by atoms with van der Waals surface area (Å²) in [6.45, 7) is 9.28. The molecule has 0 amide bonds. The van der Waals surface area contributed by atoms with Gasteiger partial charge in [0.15, 0.2) is 0 Å². The maximum Gasteiger partial charge on any atom is -0.00106 e. The molecular weight excluding hydrogens is 384 g/mol. The molecule has 0 bridgehead atoms. The van der Waals surface area contributed by atoms with Crippen LogP contribution in [0.1, 0.15) is 55.6 Å². The molecule has 0 spiro atoms. The minimum Gasteiger partial charge on any atom is -0.0619 e. The minimum absolute atomic E-state index is 1.08. The van der Waals surface area contributed by atoms with Gasteiger partial charge in [0.2, 0.25) is 0 Å². The quantitative estimate of drug-likeness (QED) is 0.277. The second-order valence-corrected chi connectivity index (χ2v) is 9.83. The van der Waals surface area contributed by atoms with Gasteiger partial charge in [-0.2, -0.15) is 0 Å². The highest BCUT2D eigenvalue weighted by atomic mass is 14.3. The fourth-order valence-electron chi connectivity index (χ4n) is 6.32. The first-order chi connectivity index (χ1) is 15.5. The fourth-order valence-corrected chi connectivity index (χ4v) is 6.32. The van der Waals surface area contributed by atoms with Crippen LogP contribution in [0, 0.1) is 27.7 Å². The zero-order chi connectivity index (χ0) is 22.0. The Labute approximate surface area is 192 Å². The van der Waals surface area contributed by atoms with Crippen molar-refractivity contribution in [3.63, 3.8) is 0 Å². The molecule has 0 nitrogen and oxygen atoms in total. The number of fused-ring (bicyclic) bond motifs is 6. The summed E-state index contributed by atoms with van der Waals surface area (Å²) in [5.74, 6) is 0. The third-order valence-corrected chi connectivity index (χ3v) is 8.01. The van der Waals surface area contributed by atoms with Crippen molar-refractivity contribution in [2.45, 2.75) is 53.4 Å². The summed E-state index contributed by atoms with van der Waals surface area (Å²) >= 11 is 0. The molecule has 6 rings (SSSR count). The first kappa shape index (κ1) is 19.6. The van der Waals surface area contributed by atoms with Crippen molar-refractivity contribution in [2.75, 3.05) is 0 Å². The second-order valence-electron chi connectivity index (χ2n) is 9.83. The van der Waals surface area contributed by atoms with E-state index in [1.165, 1.54) is 66.8 Å². The van der Waals surface area contributed by atoms with Gasteiger partial charge in [0, 0.05) is 0 Å². The Morgan fingerprint density at radius 3 is 1.41 bits per heavy atom. The fraction of sp³-hybridized carbons (Fsp3) is 0.250. The summed E-state index contributed by atoms with van der Waals surface area (Å²) in [5.41, 5.74) is 20.9. The molecule has 0 saturated heterocycles. The largest absolute Gasteiger partial charge is 0.0619 e. The molecule has 0 heteroatoms. The number of aryl methyl sites for hydroxylation is 4. The van der Waals surface area contributed by atoms with Crippen LogP contribution in [-0.4, -0.2) is 0 Å². The molecule has 2 aliphatic rings. The topological polar surface area (TPSA) is 0 Å². The van der Waals surface area contributed by atoms with E-state index in [0.29, 0.717) is 0 Å². The Balaban J connectivity index is 1.33. The summed E-state index contributed by atoms with van der Waals surface area (Å²) in [5, 5.41) is 0. The van der Waals surface area contributed by atoms with E-state index in [1.54, 1.807) is 11.1 Å². The van der Waals surface area contributed by atoms with E-state index in [0.717, 1.165) is 25.7 Å². The zero-order valence-corrected chi connectivity index (χ0v) is 19.6. The average Bonchev–Trinajstić information content (AvgIpc) is 3.38. The van der Waals surface area contributed by atoms with Gasteiger partial charge >= 0.3 is 0 Å². The number of benzene rings is 4. The van der Waals surface area contributed by atoms with E-state index >= 15 is 0 Å². The van der Waals surface area contributed by atoms with E-state index in [4.69, 9.17) is 0 Å². The molecule has 0 aliphatic heterocycles. The highest BCUT2D eigenvalue weighted by molar-refractivity contribution is 5.82. The Hall–Kier alpha value is -3.12. The highest BCUT2D eigenvalue weighted by Gasteiger charge is 2.25. The number of hydrogen-bond donors (Lipinski definition) is 0. The van der Waals surface area contributed by atoms with Crippen molar-refractivity contribution in [3.05, 3.63) is 116 Å². The second kappa shape index (κ2) is 7.20. The van der Waals surface area contributed by atoms with Gasteiger partial charge in [-0.25, -0.2) is 0 Å². The van der Waals surface area contributed by atoms with E-state index in [2.05, 4.69) is 88.4 Å². The molecule has 4 aromatic rings. The van der Waals surface area contributed by atoms with Crippen LogP contribution in [0.25, 0.3) is 22.3 Å². The molecule has 4 aromatic carbocycles. The molecule has 2 aliphatic carbocycles. The molecule has 0 saturated carbocycles. The molecule has 0 aromatic heterocycles. The van der Waals surface area contributed by atoms with Gasteiger partial charge in [0.1, 0.15) is 0 Å². The van der Waals surface area contributed by atoms with Crippen molar-refractivity contribution in [2.24, 2.45) is 0 Å². The molecule has 0 atom stereocenters. The lowest BCUT2D eigenvalue weighted by molar-refractivity contribution is 0.925. The highest BCUT2D eigenvalue weighted by Crippen LogP contribution is 2.43. The van der Waals surface area contributed by atoms with Crippen molar-refractivity contribution in [1.82, 2.24) is 0 Å². The van der Waals surface area contributed by atoms with Crippen LogP contribution in [0.2, 0.25) is 0 Å². The van der Waals surface area contributed by atoms with Crippen molar-refractivity contribution in [3.8, 4) is 22.3 Å². The zero-order valence-electron chi connectivity index (χ0n) is 19.6. The maximum atomic E-state index is 2.46. The normalized spacial score (nSPS) is 13.0. The van der Waals surface area contributed by atoms with Crippen LogP contribution >= 0.6 is 0 Å². The maximum absolute atomic E-state index is 2.46. The van der Waals surface area contributed by atoms with Crippen LogP contribution in [0.15, 0.2) is 60.7 Å². The summed E-state index contributed by atoms with van der Waals surface area (Å²) in [6, 6.07) is 22.8. The molecule has 0 N–H and O–H groups in total. The summed E-state index contributed by atoms with van der Waals surface area (Å²) in [7, 11) is 0. The van der Waals surface area contributed by atoms with Gasteiger partial charge in [0.25, 0.3) is 0 Å². The van der Waals surface area contributed by atoms with Gasteiger partial charge in [-0.05, 0) is 131 Å². The summed E-state index contributed by atoms with van der Waals surface area (Å²) in [4.78, 5) is 0. The SMILES string of the molecule is Cc1cc(CCc2cc(C)c3c(c2C)Cc2ccccc2-3)c(C)c2c1-c1ccccc1C2. The predicted octanol–water partition coefficient (Wildman–Crippen LogP) is 7.85. The standard InChI is InChI=1S/C32H30/c1-19-15-23(21(3)29-17-25-9-5-7-11-27(25)31(19)29)13-14-24-16-20(2)32-28-12-8-6-10-26(28)18-30(32)22(24)4/h5-12,15-16H,13-14,17-18H2,1-4H3. The molecule has 0 radical (unpaired) electrons. The molecule has 0 heterocycles. The third kappa shape index (κ3) is 2.82. The van der Waals surface area contributed by atoms with Crippen molar-refractivity contribution < 1.29 is 0 Å². The van der Waals surface area contributed by atoms with E-state index < -0.39 is 0 Å². The van der Waals surface area contributed by atoms with Gasteiger partial charge in [-0.1, -0.05) is 60.7 Å². The lowest BCUT2D eigenvalue weighted by atomic mass is 9.87. The molecule has 158 valence electrons. The minimum atomic E-state index is 1.08. The molecular formula is C32H30. The lowest BCUT2D eigenvalue weighted by Gasteiger charge is -2.17.